The lowest BCUT2D eigenvalue weighted by Crippen LogP contribution is -2.18. The first kappa shape index (κ1) is 50.9. The molecule has 0 aromatic rings. The van der Waals surface area contributed by atoms with Gasteiger partial charge in [0, 0.05) is 0 Å². The van der Waals surface area contributed by atoms with E-state index in [2.05, 4.69) is 142 Å². The maximum atomic E-state index is 4.62. The smallest absolute Gasteiger partial charge is 0.160 e. The summed E-state index contributed by atoms with van der Waals surface area (Å²) in [5.74, 6) is 0. The summed E-state index contributed by atoms with van der Waals surface area (Å²) in [7, 11) is 0. The highest BCUT2D eigenvalue weighted by molar-refractivity contribution is 7.81. The van der Waals surface area contributed by atoms with Crippen molar-refractivity contribution in [2.24, 2.45) is 68.8 Å². The van der Waals surface area contributed by atoms with Crippen LogP contribution < -0.4 is 68.8 Å². The summed E-state index contributed by atoms with van der Waals surface area (Å²) in [4.78, 5) is 0. The van der Waals surface area contributed by atoms with Gasteiger partial charge in [0.2, 0.25) is 0 Å². The molecule has 0 unspecified atom stereocenters. The van der Waals surface area contributed by atoms with Gasteiger partial charge < -0.3 is 68.8 Å². The molecule has 0 heterocycles. The third-order valence-corrected chi connectivity index (χ3v) is 4.00. The van der Waals surface area contributed by atoms with Crippen LogP contribution in [0, 0.1) is 0 Å². The van der Waals surface area contributed by atoms with Gasteiger partial charge in [-0.25, -0.2) is 0 Å². The first-order valence-corrected chi connectivity index (χ1v) is 15.1. The summed E-state index contributed by atoms with van der Waals surface area (Å²) in [5.41, 5.74) is 55.4. The van der Waals surface area contributed by atoms with Crippen LogP contribution in [-0.2, 0) is 0 Å². The lowest BCUT2D eigenvalue weighted by Gasteiger charge is -2.05. The van der Waals surface area contributed by atoms with Crippen molar-refractivity contribution in [1.82, 2.24) is 0 Å². The Hall–Kier alpha value is -1.86. The predicted octanol–water partition coefficient (Wildman–Crippen LogP) is 1.37. The highest BCUT2D eigenvalue weighted by Crippen LogP contribution is 2.16. The van der Waals surface area contributed by atoms with Gasteiger partial charge in [-0.2, -0.15) is 0 Å². The van der Waals surface area contributed by atoms with Gasteiger partial charge in [-0.3, -0.25) is 0 Å². The zero-order valence-electron chi connectivity index (χ0n) is 23.7. The van der Waals surface area contributed by atoms with Crippen molar-refractivity contribution in [1.29, 1.82) is 0 Å². The van der Waals surface area contributed by atoms with E-state index in [1.165, 1.54) is 103 Å². The van der Waals surface area contributed by atoms with E-state index in [-0.39, 0.29) is 30.7 Å². The maximum absolute atomic E-state index is 4.62. The SMILES string of the molecule is C1CCCCCCC1.C1CCCCCCC1.NC(N)=S.NC(N)=S.NC(N)=S.NC(N)=S.NC(N)=S.NC(N)=S. The second-order valence-electron chi connectivity index (χ2n) is 8.07. The minimum Gasteiger partial charge on any atom is -0.377 e. The molecule has 0 amide bonds. The van der Waals surface area contributed by atoms with E-state index in [0.29, 0.717) is 0 Å². The van der Waals surface area contributed by atoms with Crippen molar-refractivity contribution in [3.05, 3.63) is 0 Å². The standard InChI is InChI=1S/2C8H16.6CH4N2S/c2*1-2-4-6-8-7-5-3-1;6*2-1(3)4/h2*1-8H2;6*(H4,2,3,4). The highest BCUT2D eigenvalue weighted by Gasteiger charge is 1.96. The Morgan fingerprint density at radius 2 is 0.225 bits per heavy atom. The largest absolute Gasteiger partial charge is 0.377 e. The number of thiocarbonyl (C=S) groups is 6. The molecule has 2 rings (SSSR count). The molecule has 0 aromatic carbocycles. The molecule has 12 nitrogen and oxygen atoms in total. The molecule has 2 saturated carbocycles. The van der Waals surface area contributed by atoms with Crippen molar-refractivity contribution >= 4 is 104 Å². The molecule has 0 bridgehead atoms. The second-order valence-corrected chi connectivity index (χ2v) is 10.9. The summed E-state index contributed by atoms with van der Waals surface area (Å²) in [6.45, 7) is 0. The third kappa shape index (κ3) is 223. The minimum atomic E-state index is 0.000000000000000222. The van der Waals surface area contributed by atoms with E-state index in [0.717, 1.165) is 0 Å². The molecular weight excluding hydrogens is 625 g/mol. The fourth-order valence-electron chi connectivity index (χ4n) is 2.83. The van der Waals surface area contributed by atoms with Crippen LogP contribution in [0.25, 0.3) is 0 Å². The van der Waals surface area contributed by atoms with Gasteiger partial charge in [0.05, 0.1) is 0 Å². The van der Waals surface area contributed by atoms with Crippen molar-refractivity contribution in [3.63, 3.8) is 0 Å². The Balaban J connectivity index is -0.0000000850. The number of hydrogen-bond donors (Lipinski definition) is 12. The maximum Gasteiger partial charge on any atom is 0.160 e. The molecule has 2 aliphatic rings. The van der Waals surface area contributed by atoms with Crippen LogP contribution in [0.15, 0.2) is 0 Å². The first-order chi connectivity index (χ1) is 18.4. The molecule has 2 aliphatic carbocycles. The summed E-state index contributed by atoms with van der Waals surface area (Å²) in [6, 6.07) is 0. The summed E-state index contributed by atoms with van der Waals surface area (Å²) >= 11 is 24.6. The van der Waals surface area contributed by atoms with Crippen LogP contribution in [0.1, 0.15) is 103 Å². The molecular formula is C22H56N12S6. The lowest BCUT2D eigenvalue weighted by molar-refractivity contribution is 0.504. The van der Waals surface area contributed by atoms with Crippen LogP contribution in [0.2, 0.25) is 0 Å². The monoisotopic (exact) mass is 680 g/mol. The van der Waals surface area contributed by atoms with Crippen molar-refractivity contribution < 1.29 is 0 Å². The van der Waals surface area contributed by atoms with Crippen LogP contribution in [0.5, 0.6) is 0 Å². The molecule has 0 atom stereocenters. The van der Waals surface area contributed by atoms with E-state index in [4.69, 9.17) is 0 Å². The van der Waals surface area contributed by atoms with E-state index in [1.54, 1.807) is 0 Å². The van der Waals surface area contributed by atoms with E-state index < -0.39 is 0 Å². The molecule has 0 aliphatic heterocycles. The zero-order chi connectivity index (χ0) is 32.8. The molecule has 2 fully saturated rings. The topological polar surface area (TPSA) is 312 Å². The third-order valence-electron chi connectivity index (χ3n) is 4.00. The predicted molar refractivity (Wildman–Crippen MR) is 200 cm³/mol. The number of nitrogens with two attached hydrogens (primary N) is 12. The molecule has 0 saturated heterocycles. The van der Waals surface area contributed by atoms with Crippen LogP contribution in [0.4, 0.5) is 0 Å². The van der Waals surface area contributed by atoms with E-state index in [9.17, 15) is 0 Å². The average Bonchev–Trinajstić information content (AvgIpc) is 2.64. The fourth-order valence-corrected chi connectivity index (χ4v) is 2.83. The van der Waals surface area contributed by atoms with Crippen molar-refractivity contribution in [2.75, 3.05) is 0 Å². The van der Waals surface area contributed by atoms with Gasteiger partial charge in [-0.05, 0) is 73.3 Å². The molecule has 40 heavy (non-hydrogen) atoms. The fraction of sp³-hybridized carbons (Fsp3) is 0.727. The van der Waals surface area contributed by atoms with Crippen LogP contribution in [-0.4, -0.2) is 30.7 Å². The summed E-state index contributed by atoms with van der Waals surface area (Å²) in [5, 5.41) is 0.00000000000000133. The van der Waals surface area contributed by atoms with Gasteiger partial charge in [0.25, 0.3) is 0 Å². The average molecular weight is 681 g/mol. The van der Waals surface area contributed by atoms with Gasteiger partial charge >= 0.3 is 0 Å². The highest BCUT2D eigenvalue weighted by atomic mass is 32.1. The Morgan fingerprint density at radius 3 is 0.250 bits per heavy atom. The van der Waals surface area contributed by atoms with Gasteiger partial charge in [0.1, 0.15) is 0 Å². The Morgan fingerprint density at radius 1 is 0.200 bits per heavy atom. The molecule has 0 spiro atoms. The lowest BCUT2D eigenvalue weighted by atomic mass is 10.0. The van der Waals surface area contributed by atoms with Gasteiger partial charge in [-0.1, -0.05) is 103 Å². The van der Waals surface area contributed by atoms with Gasteiger partial charge in [-0.15, -0.1) is 0 Å². The number of hydrogen-bond acceptors (Lipinski definition) is 6. The molecule has 0 radical (unpaired) electrons. The zero-order valence-corrected chi connectivity index (χ0v) is 28.6. The van der Waals surface area contributed by atoms with Crippen molar-refractivity contribution in [3.8, 4) is 0 Å². The minimum absolute atomic E-state index is 0.000000000000000222. The molecule has 18 heteroatoms. The Labute approximate surface area is 274 Å². The normalized spacial score (nSPS) is 13.2. The number of rotatable bonds is 0. The van der Waals surface area contributed by atoms with E-state index in [1.807, 2.05) is 0 Å². The van der Waals surface area contributed by atoms with Gasteiger partial charge in [0.15, 0.2) is 30.7 Å². The molecule has 0 aromatic heterocycles. The van der Waals surface area contributed by atoms with Crippen LogP contribution >= 0.6 is 73.3 Å². The quantitative estimate of drug-likeness (QED) is 0.161. The summed E-state index contributed by atoms with van der Waals surface area (Å²) in [6.07, 6.45) is 24.0. The Kier molecular flexibility index (Phi) is 59.8. The second kappa shape index (κ2) is 47.0. The Bertz CT molecular complexity index is 444. The van der Waals surface area contributed by atoms with Crippen molar-refractivity contribution in [2.45, 2.75) is 103 Å². The first-order valence-electron chi connectivity index (χ1n) is 12.7. The molecule has 24 N–H and O–H groups in total. The summed E-state index contributed by atoms with van der Waals surface area (Å²) < 4.78 is 0. The molecule has 240 valence electrons. The van der Waals surface area contributed by atoms with E-state index >= 15 is 0 Å². The van der Waals surface area contributed by atoms with Crippen LogP contribution in [0.3, 0.4) is 0 Å².